The summed E-state index contributed by atoms with van der Waals surface area (Å²) in [4.78, 5) is 49.5. The summed E-state index contributed by atoms with van der Waals surface area (Å²) in [6, 6.07) is 24.2. The molecule has 0 aliphatic carbocycles. The van der Waals surface area contributed by atoms with Crippen molar-refractivity contribution in [3.05, 3.63) is 108 Å². The summed E-state index contributed by atoms with van der Waals surface area (Å²) in [6.45, 7) is -0.0250. The van der Waals surface area contributed by atoms with Gasteiger partial charge in [0.05, 0.1) is 6.42 Å². The fraction of sp³-hybridized carbons (Fsp3) is 0.214. The molecule has 0 fully saturated rings. The normalized spacial score (nSPS) is 12.0. The number of carboxylic acids is 1. The van der Waals surface area contributed by atoms with E-state index in [2.05, 4.69) is 10.6 Å². The molecule has 0 spiro atoms. The molecule has 0 bridgehead atoms. The highest BCUT2D eigenvalue weighted by Gasteiger charge is 2.29. The molecule has 0 aliphatic rings. The molecule has 192 valence electrons. The third-order valence-electron chi connectivity index (χ3n) is 5.33. The minimum absolute atomic E-state index is 0.00262. The number of nitrogens with one attached hydrogen (secondary N) is 2. The Bertz CT molecular complexity index is 1170. The van der Waals surface area contributed by atoms with Crippen molar-refractivity contribution in [1.29, 1.82) is 0 Å². The second-order valence-corrected chi connectivity index (χ2v) is 8.20. The molecule has 3 aromatic rings. The van der Waals surface area contributed by atoms with Crippen LogP contribution in [-0.4, -0.2) is 41.1 Å². The summed E-state index contributed by atoms with van der Waals surface area (Å²) >= 11 is 0. The summed E-state index contributed by atoms with van der Waals surface area (Å²) < 4.78 is 10.4. The summed E-state index contributed by atoms with van der Waals surface area (Å²) in [5, 5.41) is 14.4. The predicted molar refractivity (Wildman–Crippen MR) is 134 cm³/mol. The average molecular weight is 505 g/mol. The Balaban J connectivity index is 1.61. The summed E-state index contributed by atoms with van der Waals surface area (Å²) in [5.41, 5.74) is 2.25. The van der Waals surface area contributed by atoms with Crippen molar-refractivity contribution in [2.24, 2.45) is 0 Å². The largest absolute Gasteiger partial charge is 0.480 e. The van der Waals surface area contributed by atoms with E-state index in [-0.39, 0.29) is 19.6 Å². The van der Waals surface area contributed by atoms with E-state index in [1.807, 2.05) is 18.2 Å². The fourth-order valence-corrected chi connectivity index (χ4v) is 3.40. The monoisotopic (exact) mass is 504 g/mol. The first kappa shape index (κ1) is 26.9. The Morgan fingerprint density at radius 1 is 0.649 bits per heavy atom. The average Bonchev–Trinajstić information content (AvgIpc) is 2.91. The molecule has 9 nitrogen and oxygen atoms in total. The minimum atomic E-state index is -1.55. The van der Waals surface area contributed by atoms with Crippen LogP contribution in [0.2, 0.25) is 0 Å². The summed E-state index contributed by atoms with van der Waals surface area (Å²) in [5.74, 6) is -2.97. The highest BCUT2D eigenvalue weighted by Crippen LogP contribution is 2.08. The first-order valence-corrected chi connectivity index (χ1v) is 11.6. The Kier molecular flexibility index (Phi) is 10.2. The number of aliphatic carboxylic acids is 1. The lowest BCUT2D eigenvalue weighted by atomic mass is 10.0. The molecule has 0 radical (unpaired) electrons. The number of carbonyl (C=O) groups excluding carboxylic acids is 3. The lowest BCUT2D eigenvalue weighted by Gasteiger charge is -2.21. The van der Waals surface area contributed by atoms with Crippen LogP contribution in [0.15, 0.2) is 91.0 Å². The topological polar surface area (TPSA) is 131 Å². The van der Waals surface area contributed by atoms with E-state index in [1.54, 1.807) is 72.8 Å². The molecule has 0 heterocycles. The van der Waals surface area contributed by atoms with Crippen molar-refractivity contribution >= 4 is 23.9 Å². The second kappa shape index (κ2) is 14.0. The molecule has 0 unspecified atom stereocenters. The van der Waals surface area contributed by atoms with Crippen molar-refractivity contribution in [3.63, 3.8) is 0 Å². The third-order valence-corrected chi connectivity index (χ3v) is 5.33. The Hall–Kier alpha value is -4.66. The molecular weight excluding hydrogens is 476 g/mol. The van der Waals surface area contributed by atoms with Crippen LogP contribution in [0.25, 0.3) is 0 Å². The second-order valence-electron chi connectivity index (χ2n) is 8.20. The number of hydrogen-bond acceptors (Lipinski definition) is 6. The van der Waals surface area contributed by atoms with Gasteiger partial charge in [0.15, 0.2) is 0 Å². The van der Waals surface area contributed by atoms with Crippen molar-refractivity contribution < 1.29 is 33.8 Å². The summed E-state index contributed by atoms with van der Waals surface area (Å²) in [7, 11) is 0. The van der Waals surface area contributed by atoms with Gasteiger partial charge in [0.2, 0.25) is 5.91 Å². The molecule has 9 heteroatoms. The maximum absolute atomic E-state index is 13.0. The van der Waals surface area contributed by atoms with Crippen molar-refractivity contribution in [2.75, 3.05) is 0 Å². The third kappa shape index (κ3) is 9.48. The molecule has 2 amide bonds. The zero-order chi connectivity index (χ0) is 26.5. The van der Waals surface area contributed by atoms with Crippen LogP contribution in [0.3, 0.4) is 0 Å². The quantitative estimate of drug-likeness (QED) is 0.323. The lowest BCUT2D eigenvalue weighted by molar-refractivity contribution is -0.151. The first-order chi connectivity index (χ1) is 17.9. The van der Waals surface area contributed by atoms with Crippen LogP contribution in [-0.2, 0) is 43.5 Å². The van der Waals surface area contributed by atoms with Gasteiger partial charge in [-0.25, -0.2) is 9.59 Å². The van der Waals surface area contributed by atoms with E-state index in [0.717, 1.165) is 16.7 Å². The maximum atomic E-state index is 13.0. The number of alkyl carbamates (subject to hydrolysis) is 1. The molecule has 37 heavy (non-hydrogen) atoms. The number of rotatable bonds is 12. The molecule has 0 aromatic heterocycles. The highest BCUT2D eigenvalue weighted by molar-refractivity contribution is 5.91. The molecule has 0 aliphatic heterocycles. The van der Waals surface area contributed by atoms with Crippen molar-refractivity contribution in [2.45, 2.75) is 38.1 Å². The van der Waals surface area contributed by atoms with Gasteiger partial charge in [-0.3, -0.25) is 9.59 Å². The van der Waals surface area contributed by atoms with Gasteiger partial charge in [-0.2, -0.15) is 0 Å². The Morgan fingerprint density at radius 3 is 1.65 bits per heavy atom. The standard InChI is InChI=1S/C28H28N2O7/c31-25(36-18-21-12-6-2-7-13-21)17-24(27(33)34)29-26(32)23(16-20-10-4-1-5-11-20)30-28(35)37-19-22-14-8-3-9-15-22/h1-15,23-24H,16-19H2,(H,29,32)(H,30,35)(H,33,34)/t23-,24-/m1/s1. The fourth-order valence-electron chi connectivity index (χ4n) is 3.40. The van der Waals surface area contributed by atoms with E-state index in [4.69, 9.17) is 9.47 Å². The lowest BCUT2D eigenvalue weighted by Crippen LogP contribution is -2.53. The van der Waals surface area contributed by atoms with Crippen LogP contribution in [0.5, 0.6) is 0 Å². The van der Waals surface area contributed by atoms with E-state index >= 15 is 0 Å². The number of amides is 2. The summed E-state index contributed by atoms with van der Waals surface area (Å²) in [6.07, 6.45) is -1.34. The van der Waals surface area contributed by atoms with E-state index in [9.17, 15) is 24.3 Å². The maximum Gasteiger partial charge on any atom is 0.408 e. The van der Waals surface area contributed by atoms with Crippen LogP contribution in [0.4, 0.5) is 4.79 Å². The predicted octanol–water partition coefficient (Wildman–Crippen LogP) is 3.23. The van der Waals surface area contributed by atoms with E-state index < -0.39 is 42.4 Å². The van der Waals surface area contributed by atoms with Crippen LogP contribution in [0.1, 0.15) is 23.1 Å². The van der Waals surface area contributed by atoms with Crippen LogP contribution in [0, 0.1) is 0 Å². The first-order valence-electron chi connectivity index (χ1n) is 11.6. The van der Waals surface area contributed by atoms with Crippen LogP contribution < -0.4 is 10.6 Å². The number of ether oxygens (including phenoxy) is 2. The molecule has 0 saturated carbocycles. The van der Waals surface area contributed by atoms with Crippen LogP contribution >= 0.6 is 0 Å². The van der Waals surface area contributed by atoms with Gasteiger partial charge >= 0.3 is 18.0 Å². The van der Waals surface area contributed by atoms with Crippen molar-refractivity contribution in [3.8, 4) is 0 Å². The molecule has 3 aromatic carbocycles. The van der Waals surface area contributed by atoms with Gasteiger partial charge in [-0.1, -0.05) is 91.0 Å². The molecular formula is C28H28N2O7. The number of carboxylic acid groups (broad SMARTS) is 1. The van der Waals surface area contributed by atoms with Gasteiger partial charge in [0.25, 0.3) is 0 Å². The van der Waals surface area contributed by atoms with Crippen molar-refractivity contribution in [1.82, 2.24) is 10.6 Å². The van der Waals surface area contributed by atoms with E-state index in [1.165, 1.54) is 0 Å². The zero-order valence-electron chi connectivity index (χ0n) is 20.0. The van der Waals surface area contributed by atoms with E-state index in [0.29, 0.717) is 0 Å². The smallest absolute Gasteiger partial charge is 0.408 e. The van der Waals surface area contributed by atoms with Gasteiger partial charge in [-0.05, 0) is 16.7 Å². The minimum Gasteiger partial charge on any atom is -0.480 e. The Morgan fingerprint density at radius 2 is 1.14 bits per heavy atom. The molecule has 3 N–H and O–H groups in total. The van der Waals surface area contributed by atoms with Gasteiger partial charge < -0.3 is 25.2 Å². The number of hydrogen-bond donors (Lipinski definition) is 3. The Labute approximate surface area is 214 Å². The van der Waals surface area contributed by atoms with Gasteiger partial charge in [0, 0.05) is 6.42 Å². The van der Waals surface area contributed by atoms with Gasteiger partial charge in [0.1, 0.15) is 25.3 Å². The highest BCUT2D eigenvalue weighted by atomic mass is 16.5. The SMILES string of the molecule is O=C(C[C@@H](NC(=O)[C@@H](Cc1ccccc1)NC(=O)OCc1ccccc1)C(=O)O)OCc1ccccc1. The number of esters is 1. The van der Waals surface area contributed by atoms with Gasteiger partial charge in [-0.15, -0.1) is 0 Å². The molecule has 2 atom stereocenters. The molecule has 0 saturated heterocycles. The number of benzene rings is 3. The zero-order valence-corrected chi connectivity index (χ0v) is 20.0. The molecule has 3 rings (SSSR count). The number of carbonyl (C=O) groups is 4.